The number of benzene rings is 1. The maximum atomic E-state index is 14.2. The molecule has 2 aliphatic heterocycles. The van der Waals surface area contributed by atoms with E-state index in [4.69, 9.17) is 0 Å². The van der Waals surface area contributed by atoms with Crippen LogP contribution in [0.1, 0.15) is 94.1 Å². The third-order valence-electron chi connectivity index (χ3n) is 11.2. The van der Waals surface area contributed by atoms with Crippen molar-refractivity contribution in [2.24, 2.45) is 29.6 Å². The number of fused-ring (bicyclic) bond motifs is 4. The van der Waals surface area contributed by atoms with Crippen molar-refractivity contribution in [2.45, 2.75) is 102 Å². The zero-order valence-corrected chi connectivity index (χ0v) is 23.4. The number of hydrogen-bond acceptors (Lipinski definition) is 5. The van der Waals surface area contributed by atoms with Gasteiger partial charge in [0.25, 0.3) is 0 Å². The number of phenols is 1. The van der Waals surface area contributed by atoms with Crippen LogP contribution in [0, 0.1) is 36.5 Å². The first-order chi connectivity index (χ1) is 19.4. The van der Waals surface area contributed by atoms with E-state index in [1.807, 2.05) is 19.1 Å². The van der Waals surface area contributed by atoms with Crippen LogP contribution in [-0.4, -0.2) is 50.6 Å². The minimum Gasteiger partial charge on any atom is -0.508 e. The van der Waals surface area contributed by atoms with Crippen LogP contribution in [0.3, 0.4) is 0 Å². The zero-order chi connectivity index (χ0) is 27.7. The Balaban J connectivity index is 1.29. The Morgan fingerprint density at radius 1 is 0.700 bits per heavy atom. The van der Waals surface area contributed by atoms with Gasteiger partial charge in [-0.25, -0.2) is 0 Å². The number of phenolic OH excluding ortho intramolecular Hbond substituents is 1. The second kappa shape index (κ2) is 9.85. The summed E-state index contributed by atoms with van der Waals surface area (Å²) >= 11 is 0. The molecule has 0 bridgehead atoms. The van der Waals surface area contributed by atoms with Crippen LogP contribution in [0.2, 0.25) is 0 Å². The fourth-order valence-corrected chi connectivity index (χ4v) is 9.28. The molecule has 6 atom stereocenters. The lowest BCUT2D eigenvalue weighted by atomic mass is 9.57. The van der Waals surface area contributed by atoms with Crippen molar-refractivity contribution in [2.75, 3.05) is 0 Å². The summed E-state index contributed by atoms with van der Waals surface area (Å²) in [5.74, 6) is -2.42. The molecule has 2 heterocycles. The molecule has 1 aromatic carbocycles. The van der Waals surface area contributed by atoms with Gasteiger partial charge in [0.05, 0.1) is 23.7 Å². The molecule has 212 valence electrons. The molecule has 7 rings (SSSR count). The summed E-state index contributed by atoms with van der Waals surface area (Å²) < 4.78 is 0. The molecular weight excluding hydrogens is 504 g/mol. The molecule has 4 aliphatic carbocycles. The quantitative estimate of drug-likeness (QED) is 0.427. The number of hydrogen-bond donors (Lipinski definition) is 1. The topological polar surface area (TPSA) is 95.0 Å². The van der Waals surface area contributed by atoms with Crippen LogP contribution in [0.15, 0.2) is 29.8 Å². The lowest BCUT2D eigenvalue weighted by Crippen LogP contribution is -2.44. The van der Waals surface area contributed by atoms with Crippen molar-refractivity contribution < 1.29 is 24.3 Å². The van der Waals surface area contributed by atoms with E-state index >= 15 is 0 Å². The van der Waals surface area contributed by atoms with Crippen molar-refractivity contribution in [3.8, 4) is 5.75 Å². The molecule has 1 aromatic rings. The van der Waals surface area contributed by atoms with E-state index in [2.05, 4.69) is 6.08 Å². The Labute approximate surface area is 236 Å². The summed E-state index contributed by atoms with van der Waals surface area (Å²) in [6.45, 7) is 1.85. The number of carbonyl (C=O) groups excluding carboxylic acids is 4. The van der Waals surface area contributed by atoms with Gasteiger partial charge in [-0.1, -0.05) is 62.3 Å². The van der Waals surface area contributed by atoms with Crippen molar-refractivity contribution in [1.82, 2.24) is 9.80 Å². The van der Waals surface area contributed by atoms with Gasteiger partial charge in [0.15, 0.2) is 0 Å². The maximum Gasteiger partial charge on any atom is 0.234 e. The van der Waals surface area contributed by atoms with Gasteiger partial charge in [-0.05, 0) is 68.6 Å². The van der Waals surface area contributed by atoms with Crippen molar-refractivity contribution in [1.29, 1.82) is 0 Å². The lowest BCUT2D eigenvalue weighted by Gasteiger charge is -2.44. The number of amides is 4. The van der Waals surface area contributed by atoms with Crippen LogP contribution in [-0.2, 0) is 19.2 Å². The molecule has 1 N–H and O–H groups in total. The third kappa shape index (κ3) is 3.82. The lowest BCUT2D eigenvalue weighted by molar-refractivity contribution is -0.145. The fourth-order valence-electron chi connectivity index (χ4n) is 9.28. The average molecular weight is 545 g/mol. The van der Waals surface area contributed by atoms with Gasteiger partial charge >= 0.3 is 0 Å². The molecular formula is C33H40N2O5. The summed E-state index contributed by atoms with van der Waals surface area (Å²) in [6, 6.07) is 5.43. The standard InChI is InChI=1S/C33H40N2O5/c1-18-16-19(12-15-26(18)36)27-22-13-14-23-28(32(39)34(30(23)37)20-8-4-2-5-9-20)24(22)17-25-29(27)33(40)35(31(25)38)21-10-6-3-7-11-21/h12-13,15-16,20-21,23-25,27-29,36H,2-11,14,17H2,1H3. The number of rotatable bonds is 3. The zero-order valence-electron chi connectivity index (χ0n) is 23.4. The molecule has 3 saturated carbocycles. The van der Waals surface area contributed by atoms with Gasteiger partial charge in [-0.3, -0.25) is 29.0 Å². The smallest absolute Gasteiger partial charge is 0.234 e. The van der Waals surface area contributed by atoms with Crippen LogP contribution in [0.25, 0.3) is 0 Å². The van der Waals surface area contributed by atoms with Gasteiger partial charge in [-0.2, -0.15) is 0 Å². The molecule has 4 amide bonds. The molecule has 40 heavy (non-hydrogen) atoms. The van der Waals surface area contributed by atoms with E-state index in [9.17, 15) is 24.3 Å². The molecule has 6 unspecified atom stereocenters. The number of aryl methyl sites for hydroxylation is 1. The monoisotopic (exact) mass is 544 g/mol. The summed E-state index contributed by atoms with van der Waals surface area (Å²) in [5, 5.41) is 10.3. The van der Waals surface area contributed by atoms with E-state index in [0.717, 1.165) is 80.9 Å². The predicted octanol–water partition coefficient (Wildman–Crippen LogP) is 5.00. The second-order valence-electron chi connectivity index (χ2n) is 13.2. The van der Waals surface area contributed by atoms with Gasteiger partial charge in [0.2, 0.25) is 23.6 Å². The van der Waals surface area contributed by atoms with Crippen LogP contribution in [0.5, 0.6) is 5.75 Å². The summed E-state index contributed by atoms with van der Waals surface area (Å²) in [5.41, 5.74) is 2.68. The fraction of sp³-hybridized carbons (Fsp3) is 0.636. The Morgan fingerprint density at radius 3 is 1.88 bits per heavy atom. The summed E-state index contributed by atoms with van der Waals surface area (Å²) in [6.07, 6.45) is 13.0. The number of allylic oxidation sites excluding steroid dienone is 2. The van der Waals surface area contributed by atoms with Gasteiger partial charge in [0.1, 0.15) is 5.75 Å². The van der Waals surface area contributed by atoms with E-state index < -0.39 is 17.8 Å². The average Bonchev–Trinajstić information content (AvgIpc) is 3.38. The highest BCUT2D eigenvalue weighted by Crippen LogP contribution is 2.58. The highest BCUT2D eigenvalue weighted by molar-refractivity contribution is 6.08. The SMILES string of the molecule is Cc1cc(C2C3=CCC4C(=O)N(C5CCCCC5)C(=O)C4C3CC3C(=O)N(C4CCCCC4)C(=O)C32)ccc1O. The van der Waals surface area contributed by atoms with Gasteiger partial charge in [0, 0.05) is 18.0 Å². The number of carbonyl (C=O) groups is 4. The van der Waals surface area contributed by atoms with Gasteiger partial charge in [-0.15, -0.1) is 0 Å². The Bertz CT molecular complexity index is 1290. The molecule has 7 nitrogen and oxygen atoms in total. The first-order valence-corrected chi connectivity index (χ1v) is 15.6. The molecule has 0 spiro atoms. The molecule has 7 heteroatoms. The molecule has 0 radical (unpaired) electrons. The largest absolute Gasteiger partial charge is 0.508 e. The van der Waals surface area contributed by atoms with E-state index in [-0.39, 0.29) is 59.2 Å². The van der Waals surface area contributed by atoms with Crippen molar-refractivity contribution >= 4 is 23.6 Å². The predicted molar refractivity (Wildman–Crippen MR) is 148 cm³/mol. The number of nitrogens with zero attached hydrogens (tertiary/aromatic N) is 2. The summed E-state index contributed by atoms with van der Waals surface area (Å²) in [7, 11) is 0. The number of aromatic hydroxyl groups is 1. The van der Waals surface area contributed by atoms with Crippen molar-refractivity contribution in [3.05, 3.63) is 41.0 Å². The Morgan fingerprint density at radius 2 is 1.27 bits per heavy atom. The van der Waals surface area contributed by atoms with E-state index in [1.54, 1.807) is 15.9 Å². The first kappa shape index (κ1) is 26.0. The Hall–Kier alpha value is -2.96. The maximum absolute atomic E-state index is 14.2. The van der Waals surface area contributed by atoms with Crippen molar-refractivity contribution in [3.63, 3.8) is 0 Å². The highest BCUT2D eigenvalue weighted by atomic mass is 16.3. The number of likely N-dealkylation sites (tertiary alicyclic amines) is 2. The molecule has 6 aliphatic rings. The van der Waals surface area contributed by atoms with E-state index in [1.165, 1.54) is 0 Å². The normalized spacial score (nSPS) is 35.1. The van der Waals surface area contributed by atoms with Crippen LogP contribution >= 0.6 is 0 Å². The minimum absolute atomic E-state index is 0.00818. The second-order valence-corrected chi connectivity index (χ2v) is 13.2. The molecule has 0 aromatic heterocycles. The van der Waals surface area contributed by atoms with Crippen LogP contribution in [0.4, 0.5) is 0 Å². The minimum atomic E-state index is -0.501. The highest BCUT2D eigenvalue weighted by Gasteiger charge is 2.63. The van der Waals surface area contributed by atoms with E-state index in [0.29, 0.717) is 12.8 Å². The van der Waals surface area contributed by atoms with Crippen LogP contribution < -0.4 is 0 Å². The number of imide groups is 2. The Kier molecular flexibility index (Phi) is 6.39. The third-order valence-corrected chi connectivity index (χ3v) is 11.2. The first-order valence-electron chi connectivity index (χ1n) is 15.6. The molecule has 5 fully saturated rings. The van der Waals surface area contributed by atoms with Gasteiger partial charge < -0.3 is 5.11 Å². The molecule has 2 saturated heterocycles. The summed E-state index contributed by atoms with van der Waals surface area (Å²) in [4.78, 5) is 59.2.